The zero-order chi connectivity index (χ0) is 14.7. The maximum atomic E-state index is 11.7. The standard InChI is InChI=1S/C14H18ClN3O2/c1-4-20-11-7-5-6-10-13(11)17-14(9(2)15)18(10)8-12(19)16-3/h5-7,9H,4,8H2,1-3H3,(H,16,19). The summed E-state index contributed by atoms with van der Waals surface area (Å²) in [5, 5.41) is 2.32. The fourth-order valence-corrected chi connectivity index (χ4v) is 2.27. The predicted molar refractivity (Wildman–Crippen MR) is 79.2 cm³/mol. The third kappa shape index (κ3) is 2.72. The number of carbonyl (C=O) groups is 1. The van der Waals surface area contributed by atoms with Crippen LogP contribution < -0.4 is 10.1 Å². The van der Waals surface area contributed by atoms with Gasteiger partial charge in [-0.05, 0) is 26.0 Å². The number of hydrogen-bond donors (Lipinski definition) is 1. The second kappa shape index (κ2) is 6.13. The number of benzene rings is 1. The third-order valence-electron chi connectivity index (χ3n) is 3.01. The van der Waals surface area contributed by atoms with Gasteiger partial charge in [0.05, 0.1) is 17.5 Å². The van der Waals surface area contributed by atoms with Gasteiger partial charge in [-0.1, -0.05) is 6.07 Å². The summed E-state index contributed by atoms with van der Waals surface area (Å²) in [5.74, 6) is 1.28. The molecule has 1 N–H and O–H groups in total. The highest BCUT2D eigenvalue weighted by molar-refractivity contribution is 6.20. The van der Waals surface area contributed by atoms with Crippen LogP contribution in [0.5, 0.6) is 5.75 Å². The summed E-state index contributed by atoms with van der Waals surface area (Å²) in [5.41, 5.74) is 1.59. The van der Waals surface area contributed by atoms with Crippen molar-refractivity contribution >= 4 is 28.5 Å². The molecule has 1 unspecified atom stereocenters. The fraction of sp³-hybridized carbons (Fsp3) is 0.429. The number of halogens is 1. The monoisotopic (exact) mass is 295 g/mol. The van der Waals surface area contributed by atoms with Gasteiger partial charge in [0.15, 0.2) is 0 Å². The molecule has 0 spiro atoms. The van der Waals surface area contributed by atoms with Crippen molar-refractivity contribution in [2.75, 3.05) is 13.7 Å². The Kier molecular flexibility index (Phi) is 4.49. The highest BCUT2D eigenvalue weighted by atomic mass is 35.5. The average Bonchev–Trinajstić information content (AvgIpc) is 2.79. The number of hydrogen-bond acceptors (Lipinski definition) is 3. The smallest absolute Gasteiger partial charge is 0.239 e. The van der Waals surface area contributed by atoms with Crippen LogP contribution in [0.15, 0.2) is 18.2 Å². The Balaban J connectivity index is 2.60. The third-order valence-corrected chi connectivity index (χ3v) is 3.20. The molecule has 2 aromatic rings. The summed E-state index contributed by atoms with van der Waals surface area (Å²) in [4.78, 5) is 16.2. The molecule has 6 heteroatoms. The molecule has 0 aliphatic heterocycles. The predicted octanol–water partition coefficient (Wildman–Crippen LogP) is 2.48. The van der Waals surface area contributed by atoms with Gasteiger partial charge in [-0.25, -0.2) is 4.98 Å². The lowest BCUT2D eigenvalue weighted by atomic mass is 10.3. The molecule has 5 nitrogen and oxygen atoms in total. The number of alkyl halides is 1. The van der Waals surface area contributed by atoms with Gasteiger partial charge in [-0.3, -0.25) is 4.79 Å². The largest absolute Gasteiger partial charge is 0.492 e. The average molecular weight is 296 g/mol. The number of likely N-dealkylation sites (N-methyl/N-ethyl adjacent to an activating group) is 1. The van der Waals surface area contributed by atoms with Crippen molar-refractivity contribution in [2.24, 2.45) is 0 Å². The van der Waals surface area contributed by atoms with Crippen LogP contribution in [-0.2, 0) is 11.3 Å². The van der Waals surface area contributed by atoms with Gasteiger partial charge in [0.25, 0.3) is 0 Å². The van der Waals surface area contributed by atoms with Gasteiger partial charge in [-0.15, -0.1) is 11.6 Å². The maximum Gasteiger partial charge on any atom is 0.239 e. The maximum absolute atomic E-state index is 11.7. The SMILES string of the molecule is CCOc1cccc2c1nc(C(C)Cl)n2CC(=O)NC. The summed E-state index contributed by atoms with van der Waals surface area (Å²) in [6.45, 7) is 4.51. The van der Waals surface area contributed by atoms with Crippen molar-refractivity contribution in [1.29, 1.82) is 0 Å². The van der Waals surface area contributed by atoms with Crippen LogP contribution in [0, 0.1) is 0 Å². The Bertz CT molecular complexity index is 622. The second-order valence-electron chi connectivity index (χ2n) is 4.40. The topological polar surface area (TPSA) is 56.2 Å². The number of aromatic nitrogens is 2. The molecule has 1 heterocycles. The van der Waals surface area contributed by atoms with Gasteiger partial charge in [0.2, 0.25) is 5.91 Å². The second-order valence-corrected chi connectivity index (χ2v) is 5.06. The number of nitrogens with zero attached hydrogens (tertiary/aromatic N) is 2. The van der Waals surface area contributed by atoms with Crippen molar-refractivity contribution in [2.45, 2.75) is 25.8 Å². The number of nitrogens with one attached hydrogen (secondary N) is 1. The van der Waals surface area contributed by atoms with E-state index in [4.69, 9.17) is 16.3 Å². The number of ether oxygens (including phenoxy) is 1. The highest BCUT2D eigenvalue weighted by Crippen LogP contribution is 2.30. The van der Waals surface area contributed by atoms with Crippen LogP contribution in [0.25, 0.3) is 11.0 Å². The molecule has 20 heavy (non-hydrogen) atoms. The molecule has 108 valence electrons. The molecule has 1 aromatic carbocycles. The Morgan fingerprint density at radius 1 is 1.55 bits per heavy atom. The molecule has 0 fully saturated rings. The van der Waals surface area contributed by atoms with Crippen LogP contribution >= 0.6 is 11.6 Å². The summed E-state index contributed by atoms with van der Waals surface area (Å²) in [6, 6.07) is 5.67. The molecule has 0 aliphatic carbocycles. The van der Waals surface area contributed by atoms with E-state index in [9.17, 15) is 4.79 Å². The van der Waals surface area contributed by atoms with E-state index in [-0.39, 0.29) is 17.8 Å². The quantitative estimate of drug-likeness (QED) is 0.862. The summed E-state index contributed by atoms with van der Waals surface area (Å²) in [7, 11) is 1.61. The lowest BCUT2D eigenvalue weighted by Gasteiger charge is -2.09. The van der Waals surface area contributed by atoms with Crippen LogP contribution in [0.4, 0.5) is 0 Å². The van der Waals surface area contributed by atoms with Gasteiger partial charge in [0.1, 0.15) is 23.6 Å². The van der Waals surface area contributed by atoms with Crippen molar-refractivity contribution in [3.05, 3.63) is 24.0 Å². The van der Waals surface area contributed by atoms with E-state index in [1.165, 1.54) is 0 Å². The molecule has 0 radical (unpaired) electrons. The van der Waals surface area contributed by atoms with E-state index in [0.717, 1.165) is 11.0 Å². The fourth-order valence-electron chi connectivity index (χ4n) is 2.10. The lowest BCUT2D eigenvalue weighted by molar-refractivity contribution is -0.121. The highest BCUT2D eigenvalue weighted by Gasteiger charge is 2.18. The van der Waals surface area contributed by atoms with Gasteiger partial charge in [0, 0.05) is 7.05 Å². The number of carbonyl (C=O) groups excluding carboxylic acids is 1. The zero-order valence-electron chi connectivity index (χ0n) is 11.8. The molecular formula is C14H18ClN3O2. The molecule has 0 aliphatic rings. The van der Waals surface area contributed by atoms with Crippen LogP contribution in [0.1, 0.15) is 25.0 Å². The Morgan fingerprint density at radius 2 is 2.30 bits per heavy atom. The van der Waals surface area contributed by atoms with Crippen LogP contribution in [-0.4, -0.2) is 29.1 Å². The molecule has 1 atom stereocenters. The van der Waals surface area contributed by atoms with Crippen molar-refractivity contribution in [1.82, 2.24) is 14.9 Å². The van der Waals surface area contributed by atoms with E-state index < -0.39 is 0 Å². The van der Waals surface area contributed by atoms with Crippen molar-refractivity contribution < 1.29 is 9.53 Å². The minimum Gasteiger partial charge on any atom is -0.492 e. The van der Waals surface area contributed by atoms with Crippen molar-refractivity contribution in [3.8, 4) is 5.75 Å². The molecule has 1 aromatic heterocycles. The summed E-state index contributed by atoms with van der Waals surface area (Å²) in [6.07, 6.45) is 0. The van der Waals surface area contributed by atoms with Crippen molar-refractivity contribution in [3.63, 3.8) is 0 Å². The lowest BCUT2D eigenvalue weighted by Crippen LogP contribution is -2.24. The molecule has 2 rings (SSSR count). The Hall–Kier alpha value is -1.75. The Labute approximate surface area is 122 Å². The summed E-state index contributed by atoms with van der Waals surface area (Å²) < 4.78 is 7.41. The van der Waals surface area contributed by atoms with E-state index in [0.29, 0.717) is 18.2 Å². The van der Waals surface area contributed by atoms with E-state index in [1.807, 2.05) is 36.6 Å². The molecule has 1 amide bonds. The normalized spacial score (nSPS) is 12.4. The molecule has 0 saturated carbocycles. The molecule has 0 saturated heterocycles. The first-order chi connectivity index (χ1) is 9.58. The van der Waals surface area contributed by atoms with Crippen LogP contribution in [0.3, 0.4) is 0 Å². The zero-order valence-corrected chi connectivity index (χ0v) is 12.6. The molecular weight excluding hydrogens is 278 g/mol. The van der Waals surface area contributed by atoms with E-state index in [2.05, 4.69) is 10.3 Å². The first kappa shape index (κ1) is 14.7. The first-order valence-corrected chi connectivity index (χ1v) is 6.98. The van der Waals surface area contributed by atoms with Crippen LogP contribution in [0.2, 0.25) is 0 Å². The summed E-state index contributed by atoms with van der Waals surface area (Å²) >= 11 is 6.18. The van der Waals surface area contributed by atoms with Gasteiger partial charge >= 0.3 is 0 Å². The minimum absolute atomic E-state index is 0.0929. The number of amides is 1. The van der Waals surface area contributed by atoms with E-state index >= 15 is 0 Å². The minimum atomic E-state index is -0.290. The van der Waals surface area contributed by atoms with Gasteiger partial charge in [-0.2, -0.15) is 0 Å². The number of imidazole rings is 1. The number of para-hydroxylation sites is 1. The van der Waals surface area contributed by atoms with E-state index in [1.54, 1.807) is 7.05 Å². The van der Waals surface area contributed by atoms with Gasteiger partial charge < -0.3 is 14.6 Å². The number of fused-ring (bicyclic) bond motifs is 1. The first-order valence-electron chi connectivity index (χ1n) is 6.55. The Morgan fingerprint density at radius 3 is 2.90 bits per heavy atom. The molecule has 0 bridgehead atoms. The number of rotatable bonds is 5.